The van der Waals surface area contributed by atoms with E-state index in [1.165, 1.54) is 19.3 Å². The number of fused-ring (bicyclic) bond motifs is 3. The first-order valence-electron chi connectivity index (χ1n) is 13.5. The molecule has 5 aliphatic rings. The maximum atomic E-state index is 10.3. The van der Waals surface area contributed by atoms with Gasteiger partial charge in [0.15, 0.2) is 5.79 Å². The van der Waals surface area contributed by atoms with Crippen molar-refractivity contribution in [3.8, 4) is 0 Å². The lowest BCUT2D eigenvalue weighted by molar-refractivity contribution is -0.272. The van der Waals surface area contributed by atoms with Crippen molar-refractivity contribution in [3.63, 3.8) is 0 Å². The van der Waals surface area contributed by atoms with Gasteiger partial charge in [0.05, 0.1) is 18.8 Å². The van der Waals surface area contributed by atoms with E-state index in [1.54, 1.807) is 0 Å². The van der Waals surface area contributed by atoms with Crippen LogP contribution in [0.25, 0.3) is 0 Å². The highest BCUT2D eigenvalue weighted by molar-refractivity contribution is 5.14. The van der Waals surface area contributed by atoms with Crippen LogP contribution in [0.15, 0.2) is 0 Å². The molecule has 1 unspecified atom stereocenters. The van der Waals surface area contributed by atoms with Gasteiger partial charge in [-0.15, -0.1) is 0 Å². The molecule has 0 amide bonds. The van der Waals surface area contributed by atoms with Crippen LogP contribution >= 0.6 is 0 Å². The summed E-state index contributed by atoms with van der Waals surface area (Å²) in [6.45, 7) is 11.3. The van der Waals surface area contributed by atoms with Gasteiger partial charge >= 0.3 is 0 Å². The monoisotopic (exact) mass is 449 g/mol. The van der Waals surface area contributed by atoms with E-state index in [9.17, 15) is 10.2 Å². The van der Waals surface area contributed by atoms with E-state index in [4.69, 9.17) is 15.2 Å². The van der Waals surface area contributed by atoms with Crippen LogP contribution < -0.4 is 5.73 Å². The van der Waals surface area contributed by atoms with Gasteiger partial charge in [-0.1, -0.05) is 27.7 Å². The van der Waals surface area contributed by atoms with Crippen LogP contribution in [0.5, 0.6) is 0 Å². The zero-order chi connectivity index (χ0) is 22.9. The molecule has 3 saturated carbocycles. The smallest absolute Gasteiger partial charge is 0.171 e. The van der Waals surface area contributed by atoms with Gasteiger partial charge in [0, 0.05) is 18.9 Å². The Kier molecular flexibility index (Phi) is 6.02. The Labute approximate surface area is 194 Å². The molecule has 4 N–H and O–H groups in total. The number of nitrogens with two attached hydrogens (primary N) is 1. The molecule has 32 heavy (non-hydrogen) atoms. The van der Waals surface area contributed by atoms with Gasteiger partial charge in [0.2, 0.25) is 0 Å². The van der Waals surface area contributed by atoms with Crippen molar-refractivity contribution in [3.05, 3.63) is 0 Å². The summed E-state index contributed by atoms with van der Waals surface area (Å²) in [5, 5.41) is 20.5. The summed E-state index contributed by atoms with van der Waals surface area (Å²) >= 11 is 0. The minimum Gasteiger partial charge on any atom is -0.396 e. The Bertz CT molecular complexity index is 693. The molecule has 2 heterocycles. The zero-order valence-corrected chi connectivity index (χ0v) is 20.8. The van der Waals surface area contributed by atoms with Gasteiger partial charge in [-0.3, -0.25) is 0 Å². The number of hydrogen-bond acceptors (Lipinski definition) is 5. The molecule has 2 saturated heterocycles. The minimum atomic E-state index is -0.363. The third kappa shape index (κ3) is 3.28. The lowest BCUT2D eigenvalue weighted by Gasteiger charge is -2.57. The van der Waals surface area contributed by atoms with Crippen LogP contribution in [0, 0.1) is 52.3 Å². The van der Waals surface area contributed by atoms with Crippen LogP contribution in [0.2, 0.25) is 0 Å². The van der Waals surface area contributed by atoms with Crippen LogP contribution in [0.3, 0.4) is 0 Å². The SMILES string of the molecule is CC1CC[C@@]2(OC1)O[C@H]1C[C@H]3[C@H](CN)[C@@H]([C@@]4(C)CC[C@H](O)C[C@@H]4CO)CC[C@]3(C)[C@H]1[C@@H]2C. The third-order valence-electron chi connectivity index (χ3n) is 11.5. The predicted octanol–water partition coefficient (Wildman–Crippen LogP) is 3.95. The highest BCUT2D eigenvalue weighted by atomic mass is 16.7. The molecule has 5 heteroatoms. The highest BCUT2D eigenvalue weighted by Crippen LogP contribution is 2.69. The summed E-state index contributed by atoms with van der Waals surface area (Å²) < 4.78 is 13.3. The van der Waals surface area contributed by atoms with E-state index < -0.39 is 0 Å². The molecular weight excluding hydrogens is 402 g/mol. The van der Waals surface area contributed by atoms with Gasteiger partial charge in [-0.25, -0.2) is 0 Å². The fourth-order valence-corrected chi connectivity index (χ4v) is 9.62. The molecule has 5 rings (SSSR count). The molecule has 5 nitrogen and oxygen atoms in total. The molecule has 0 radical (unpaired) electrons. The lowest BCUT2D eigenvalue weighted by Crippen LogP contribution is -2.54. The van der Waals surface area contributed by atoms with Gasteiger partial charge in [-0.2, -0.15) is 0 Å². The number of hydrogen-bond donors (Lipinski definition) is 3. The molecule has 12 atom stereocenters. The molecule has 2 aliphatic heterocycles. The number of aliphatic hydroxyl groups excluding tert-OH is 2. The van der Waals surface area contributed by atoms with Crippen molar-refractivity contribution in [1.29, 1.82) is 0 Å². The van der Waals surface area contributed by atoms with Crippen molar-refractivity contribution < 1.29 is 19.7 Å². The molecule has 3 aliphatic carbocycles. The van der Waals surface area contributed by atoms with E-state index in [2.05, 4.69) is 27.7 Å². The van der Waals surface area contributed by atoms with E-state index >= 15 is 0 Å². The Balaban J connectivity index is 1.40. The van der Waals surface area contributed by atoms with Gasteiger partial charge in [-0.05, 0) is 97.8 Å². The van der Waals surface area contributed by atoms with Crippen LogP contribution in [0.1, 0.15) is 79.1 Å². The summed E-state index contributed by atoms with van der Waals surface area (Å²) in [7, 11) is 0. The van der Waals surface area contributed by atoms with Gasteiger partial charge in [0.1, 0.15) is 0 Å². The predicted molar refractivity (Wildman–Crippen MR) is 125 cm³/mol. The van der Waals surface area contributed by atoms with E-state index in [0.717, 1.165) is 38.7 Å². The summed E-state index contributed by atoms with van der Waals surface area (Å²) in [5.74, 6) is 2.97. The normalized spacial score (nSPS) is 58.0. The first-order chi connectivity index (χ1) is 15.2. The lowest BCUT2D eigenvalue weighted by atomic mass is 9.48. The Hall–Kier alpha value is -0.200. The van der Waals surface area contributed by atoms with Crippen molar-refractivity contribution in [2.75, 3.05) is 19.8 Å². The van der Waals surface area contributed by atoms with Crippen molar-refractivity contribution >= 4 is 0 Å². The maximum Gasteiger partial charge on any atom is 0.171 e. The second-order valence-corrected chi connectivity index (χ2v) is 12.9. The average molecular weight is 450 g/mol. The average Bonchev–Trinajstić information content (AvgIpc) is 3.21. The topological polar surface area (TPSA) is 84.9 Å². The van der Waals surface area contributed by atoms with E-state index in [-0.39, 0.29) is 41.3 Å². The second kappa shape index (κ2) is 8.19. The first-order valence-corrected chi connectivity index (χ1v) is 13.5. The fraction of sp³-hybridized carbons (Fsp3) is 1.00. The van der Waals surface area contributed by atoms with Crippen LogP contribution in [-0.4, -0.2) is 48.0 Å². The Morgan fingerprint density at radius 1 is 0.969 bits per heavy atom. The summed E-state index contributed by atoms with van der Waals surface area (Å²) in [5.41, 5.74) is 6.86. The van der Waals surface area contributed by atoms with Crippen molar-refractivity contribution in [1.82, 2.24) is 0 Å². The second-order valence-electron chi connectivity index (χ2n) is 12.9. The van der Waals surface area contributed by atoms with Crippen molar-refractivity contribution in [2.45, 2.75) is 97.1 Å². The molecule has 184 valence electrons. The zero-order valence-electron chi connectivity index (χ0n) is 20.8. The van der Waals surface area contributed by atoms with E-state index in [0.29, 0.717) is 42.1 Å². The molecule has 0 aromatic heterocycles. The minimum absolute atomic E-state index is 0.0629. The van der Waals surface area contributed by atoms with Crippen molar-refractivity contribution in [2.24, 2.45) is 58.0 Å². The fourth-order valence-electron chi connectivity index (χ4n) is 9.62. The first kappa shape index (κ1) is 23.5. The largest absolute Gasteiger partial charge is 0.396 e. The highest BCUT2D eigenvalue weighted by Gasteiger charge is 2.68. The van der Waals surface area contributed by atoms with Gasteiger partial charge in [0.25, 0.3) is 0 Å². The number of rotatable bonds is 3. The summed E-state index contributed by atoms with van der Waals surface area (Å²) in [6, 6.07) is 0. The third-order valence-corrected chi connectivity index (χ3v) is 11.5. The molecular formula is C27H47NO4. The Morgan fingerprint density at radius 3 is 2.38 bits per heavy atom. The molecule has 1 spiro atoms. The number of ether oxygens (including phenoxy) is 2. The molecule has 0 aromatic rings. The summed E-state index contributed by atoms with van der Waals surface area (Å²) in [6.07, 6.45) is 8.34. The van der Waals surface area contributed by atoms with Gasteiger partial charge < -0.3 is 25.4 Å². The molecule has 0 bridgehead atoms. The standard InChI is InChI=1S/C27H47NO4/c1-16-5-10-27(31-15-16)17(2)24-23(32-27)12-22-20(13-28)21(7-9-26(22,24)4)25(3)8-6-19(30)11-18(25)14-29/h16-24,29-30H,5-15,28H2,1-4H3/t16?,17-,18+,19-,20+,21-,22-,23-,24-,25-,26-,27+/m0/s1. The van der Waals surface area contributed by atoms with E-state index in [1.807, 2.05) is 0 Å². The quantitative estimate of drug-likeness (QED) is 0.607. The van der Waals surface area contributed by atoms with Crippen LogP contribution in [-0.2, 0) is 9.47 Å². The molecule has 0 aromatic carbocycles. The maximum absolute atomic E-state index is 10.3. The summed E-state index contributed by atoms with van der Waals surface area (Å²) in [4.78, 5) is 0. The molecule has 5 fully saturated rings. The number of aliphatic hydroxyl groups is 2. The van der Waals surface area contributed by atoms with Crippen LogP contribution in [0.4, 0.5) is 0 Å². The Morgan fingerprint density at radius 2 is 1.72 bits per heavy atom.